The minimum atomic E-state index is -1.59. The Bertz CT molecular complexity index is 1020. The molecule has 32 heavy (non-hydrogen) atoms. The second-order valence-electron chi connectivity index (χ2n) is 7.83. The van der Waals surface area contributed by atoms with E-state index in [1.54, 1.807) is 12.1 Å². The molecule has 2 aromatic rings. The zero-order valence-electron chi connectivity index (χ0n) is 17.1. The first-order chi connectivity index (χ1) is 15.5. The van der Waals surface area contributed by atoms with Crippen LogP contribution in [-0.2, 0) is 23.7 Å². The van der Waals surface area contributed by atoms with E-state index in [-0.39, 0.29) is 17.7 Å². The number of imide groups is 1. The van der Waals surface area contributed by atoms with Crippen LogP contribution in [0, 0.1) is 0 Å². The highest BCUT2D eigenvalue weighted by atomic mass is 16.7. The molecule has 6 atom stereocenters. The molecule has 0 bridgehead atoms. The summed E-state index contributed by atoms with van der Waals surface area (Å²) < 4.78 is 23.0. The van der Waals surface area contributed by atoms with Gasteiger partial charge in [-0.1, -0.05) is 42.5 Å². The molecular weight excluding hydrogens is 418 g/mol. The van der Waals surface area contributed by atoms with E-state index in [0.29, 0.717) is 0 Å². The molecule has 1 N–H and O–H groups in total. The Kier molecular flexibility index (Phi) is 5.26. The predicted octanol–water partition coefficient (Wildman–Crippen LogP) is 1.41. The van der Waals surface area contributed by atoms with E-state index in [2.05, 4.69) is 0 Å². The van der Waals surface area contributed by atoms with Gasteiger partial charge >= 0.3 is 5.97 Å². The van der Waals surface area contributed by atoms with Crippen molar-refractivity contribution in [3.05, 3.63) is 71.3 Å². The van der Waals surface area contributed by atoms with Gasteiger partial charge < -0.3 is 24.1 Å². The fourth-order valence-electron chi connectivity index (χ4n) is 4.44. The summed E-state index contributed by atoms with van der Waals surface area (Å²) in [5, 5.41) is 10.8. The van der Waals surface area contributed by atoms with Gasteiger partial charge in [0.05, 0.1) is 17.7 Å². The molecule has 166 valence electrons. The van der Waals surface area contributed by atoms with Crippen LogP contribution in [0.5, 0.6) is 0 Å². The minimum Gasteiger partial charge on any atom is -0.457 e. The Morgan fingerprint density at radius 2 is 1.62 bits per heavy atom. The zero-order valence-corrected chi connectivity index (χ0v) is 17.1. The maximum Gasteiger partial charge on any atom is 0.303 e. The van der Waals surface area contributed by atoms with Crippen LogP contribution in [0.15, 0.2) is 54.6 Å². The van der Waals surface area contributed by atoms with Gasteiger partial charge in [0.1, 0.15) is 18.2 Å². The molecule has 9 nitrogen and oxygen atoms in total. The van der Waals surface area contributed by atoms with E-state index >= 15 is 0 Å². The van der Waals surface area contributed by atoms with Crippen LogP contribution in [0.1, 0.15) is 39.5 Å². The average Bonchev–Trinajstić information content (AvgIpc) is 3.04. The molecule has 2 fully saturated rings. The monoisotopic (exact) mass is 439 g/mol. The van der Waals surface area contributed by atoms with E-state index in [0.717, 1.165) is 10.5 Å². The summed E-state index contributed by atoms with van der Waals surface area (Å²) in [5.41, 5.74) is 1.17. The van der Waals surface area contributed by atoms with Crippen LogP contribution in [-0.4, -0.2) is 65.0 Å². The molecule has 3 heterocycles. The third kappa shape index (κ3) is 3.39. The normalized spacial score (nSPS) is 31.8. The molecule has 0 radical (unpaired) electrons. The van der Waals surface area contributed by atoms with Crippen molar-refractivity contribution < 1.29 is 38.4 Å². The van der Waals surface area contributed by atoms with Crippen LogP contribution in [0.25, 0.3) is 0 Å². The van der Waals surface area contributed by atoms with Gasteiger partial charge in [0, 0.05) is 12.5 Å². The van der Waals surface area contributed by atoms with Crippen LogP contribution < -0.4 is 0 Å². The lowest BCUT2D eigenvalue weighted by Crippen LogP contribution is -2.68. The highest BCUT2D eigenvalue weighted by Crippen LogP contribution is 2.38. The quantitative estimate of drug-likeness (QED) is 0.565. The number of fused-ring (bicyclic) bond motifs is 2. The molecule has 0 saturated carbocycles. The number of hydrogen-bond acceptors (Lipinski definition) is 8. The molecule has 0 aromatic heterocycles. The van der Waals surface area contributed by atoms with Crippen LogP contribution in [0.2, 0.25) is 0 Å². The van der Waals surface area contributed by atoms with Crippen molar-refractivity contribution in [2.45, 2.75) is 43.9 Å². The van der Waals surface area contributed by atoms with Crippen LogP contribution in [0.3, 0.4) is 0 Å². The van der Waals surface area contributed by atoms with Crippen molar-refractivity contribution in [2.75, 3.05) is 6.61 Å². The van der Waals surface area contributed by atoms with Crippen LogP contribution in [0.4, 0.5) is 0 Å². The SMILES string of the molecule is CC(=O)O[C@H]1[C@@H]2O[C@H](c3ccccc3)OC[C@H]2O[C@@H](O)[C@@H]1N1C(=O)c2ccccc2C1=O. The lowest BCUT2D eigenvalue weighted by Gasteiger charge is -2.49. The molecule has 2 saturated heterocycles. The predicted molar refractivity (Wildman–Crippen MR) is 107 cm³/mol. The van der Waals surface area contributed by atoms with E-state index in [1.165, 1.54) is 19.1 Å². The number of aliphatic hydroxyl groups is 1. The number of carbonyl (C=O) groups excluding carboxylic acids is 3. The van der Waals surface area contributed by atoms with Gasteiger partial charge in [0.15, 0.2) is 18.7 Å². The van der Waals surface area contributed by atoms with E-state index < -0.39 is 54.7 Å². The van der Waals surface area contributed by atoms with Crippen LogP contribution >= 0.6 is 0 Å². The first kappa shape index (κ1) is 20.8. The fraction of sp³-hybridized carbons (Fsp3) is 0.348. The summed E-state index contributed by atoms with van der Waals surface area (Å²) in [6, 6.07) is 14.2. The number of hydrogen-bond donors (Lipinski definition) is 1. The second kappa shape index (κ2) is 8.10. The van der Waals surface area contributed by atoms with Gasteiger partial charge in [-0.15, -0.1) is 0 Å². The molecule has 3 aliphatic rings. The Morgan fingerprint density at radius 1 is 1.00 bits per heavy atom. The number of carbonyl (C=O) groups is 3. The highest BCUT2D eigenvalue weighted by molar-refractivity contribution is 6.21. The fourth-order valence-corrected chi connectivity index (χ4v) is 4.44. The smallest absolute Gasteiger partial charge is 0.303 e. The maximum atomic E-state index is 13.1. The minimum absolute atomic E-state index is 0.0634. The maximum absolute atomic E-state index is 13.1. The Hall–Kier alpha value is -3.11. The van der Waals surface area contributed by atoms with E-state index in [4.69, 9.17) is 18.9 Å². The summed E-state index contributed by atoms with van der Waals surface area (Å²) in [5.74, 6) is -1.84. The second-order valence-corrected chi connectivity index (χ2v) is 7.83. The third-order valence-electron chi connectivity index (χ3n) is 5.82. The molecule has 0 aliphatic carbocycles. The number of amides is 2. The molecule has 0 spiro atoms. The van der Waals surface area contributed by atoms with Crippen molar-refractivity contribution in [2.24, 2.45) is 0 Å². The Balaban J connectivity index is 1.50. The Labute approximate surface area is 183 Å². The summed E-state index contributed by atoms with van der Waals surface area (Å²) >= 11 is 0. The number of benzene rings is 2. The number of ether oxygens (including phenoxy) is 4. The number of rotatable bonds is 3. The standard InChI is InChI=1S/C23H21NO8/c1-12(25)30-19-17(24-20(26)14-9-5-6-10-15(14)21(24)27)22(28)31-16-11-29-23(32-18(16)19)13-7-3-2-4-8-13/h2-10,16-19,22-23,28H,11H2,1H3/t16-,17-,18-,19-,22-,23-/m1/s1. The zero-order chi connectivity index (χ0) is 22.4. The lowest BCUT2D eigenvalue weighted by molar-refractivity contribution is -0.343. The summed E-state index contributed by atoms with van der Waals surface area (Å²) in [7, 11) is 0. The molecular formula is C23H21NO8. The molecule has 3 aliphatic heterocycles. The van der Waals surface area contributed by atoms with Gasteiger partial charge in [-0.3, -0.25) is 19.3 Å². The molecule has 9 heteroatoms. The topological polar surface area (TPSA) is 112 Å². The third-order valence-corrected chi connectivity index (χ3v) is 5.82. The van der Waals surface area contributed by atoms with Gasteiger partial charge in [-0.05, 0) is 12.1 Å². The largest absolute Gasteiger partial charge is 0.457 e. The first-order valence-electron chi connectivity index (χ1n) is 10.3. The van der Waals surface area contributed by atoms with Gasteiger partial charge in [0.25, 0.3) is 11.8 Å². The summed E-state index contributed by atoms with van der Waals surface area (Å²) in [6.45, 7) is 1.28. The number of nitrogens with zero attached hydrogens (tertiary/aromatic N) is 1. The van der Waals surface area contributed by atoms with Crippen molar-refractivity contribution >= 4 is 17.8 Å². The van der Waals surface area contributed by atoms with Gasteiger partial charge in [-0.25, -0.2) is 0 Å². The lowest BCUT2D eigenvalue weighted by atomic mass is 9.94. The first-order valence-corrected chi connectivity index (χ1v) is 10.3. The molecule has 5 rings (SSSR count). The summed E-state index contributed by atoms with van der Waals surface area (Å²) in [4.78, 5) is 39.0. The van der Waals surface area contributed by atoms with E-state index in [9.17, 15) is 19.5 Å². The van der Waals surface area contributed by atoms with Crippen molar-refractivity contribution in [1.29, 1.82) is 0 Å². The Morgan fingerprint density at radius 3 is 2.25 bits per heavy atom. The number of esters is 1. The van der Waals surface area contributed by atoms with E-state index in [1.807, 2.05) is 30.3 Å². The molecule has 0 unspecified atom stereocenters. The molecule has 2 aromatic carbocycles. The van der Waals surface area contributed by atoms with Gasteiger partial charge in [-0.2, -0.15) is 0 Å². The van der Waals surface area contributed by atoms with Gasteiger partial charge in [0.2, 0.25) is 0 Å². The van der Waals surface area contributed by atoms with Crippen molar-refractivity contribution in [3.8, 4) is 0 Å². The summed E-state index contributed by atoms with van der Waals surface area (Å²) in [6.07, 6.45) is -5.16. The highest BCUT2D eigenvalue weighted by Gasteiger charge is 2.57. The van der Waals surface area contributed by atoms with Crippen molar-refractivity contribution in [3.63, 3.8) is 0 Å². The molecule has 2 amide bonds. The van der Waals surface area contributed by atoms with Crippen molar-refractivity contribution in [1.82, 2.24) is 4.90 Å². The number of aliphatic hydroxyl groups excluding tert-OH is 1. The average molecular weight is 439 g/mol.